The summed E-state index contributed by atoms with van der Waals surface area (Å²) in [6, 6.07) is 12.0. The summed E-state index contributed by atoms with van der Waals surface area (Å²) in [5.41, 5.74) is 0.228. The highest BCUT2D eigenvalue weighted by Gasteiger charge is 2.66. The first-order valence-corrected chi connectivity index (χ1v) is 11.2. The molecule has 2 aromatic rings. The Bertz CT molecular complexity index is 1200. The third-order valence-corrected chi connectivity index (χ3v) is 6.52. The summed E-state index contributed by atoms with van der Waals surface area (Å²) in [6.07, 6.45) is 0.425. The van der Waals surface area contributed by atoms with Crippen molar-refractivity contribution >= 4 is 29.0 Å². The van der Waals surface area contributed by atoms with Gasteiger partial charge in [0.15, 0.2) is 5.54 Å². The molecular weight excluding hydrogens is 436 g/mol. The Balaban J connectivity index is 2.02. The van der Waals surface area contributed by atoms with E-state index >= 15 is 0 Å². The number of ether oxygens (including phenoxy) is 2. The molecule has 8 heteroatoms. The summed E-state index contributed by atoms with van der Waals surface area (Å²) < 4.78 is 10.4. The van der Waals surface area contributed by atoms with E-state index in [1.165, 1.54) is 4.90 Å². The van der Waals surface area contributed by atoms with Crippen molar-refractivity contribution in [2.24, 2.45) is 0 Å². The number of aryl methyl sites for hydroxylation is 1. The van der Waals surface area contributed by atoms with E-state index in [2.05, 4.69) is 0 Å². The number of anilines is 1. The number of para-hydroxylation sites is 1. The molecular formula is C26H28N2O6. The Morgan fingerprint density at radius 2 is 1.82 bits per heavy atom. The standard InChI is InChI=1S/C26H28N2O6/c1-5-27-19-10-7-6-9-18(19)26(25(27)32)21(23(30)24(31)28(26)13-8-14-33-3)22(29)17-11-12-20(34-4)16(2)15-17/h6-7,9-12,15,29H,5,8,13-14H2,1-4H3/b22-21-. The van der Waals surface area contributed by atoms with Gasteiger partial charge in [0.1, 0.15) is 11.5 Å². The predicted octanol–water partition coefficient (Wildman–Crippen LogP) is 2.98. The van der Waals surface area contributed by atoms with E-state index in [9.17, 15) is 19.5 Å². The van der Waals surface area contributed by atoms with Crippen LogP contribution in [0.5, 0.6) is 5.75 Å². The number of carbonyl (C=O) groups excluding carboxylic acids is 3. The van der Waals surface area contributed by atoms with Crippen molar-refractivity contribution in [2.45, 2.75) is 25.8 Å². The molecule has 0 aliphatic carbocycles. The van der Waals surface area contributed by atoms with E-state index in [0.29, 0.717) is 42.1 Å². The second kappa shape index (κ2) is 8.95. The molecule has 1 spiro atoms. The molecule has 2 aliphatic heterocycles. The molecule has 34 heavy (non-hydrogen) atoms. The molecule has 1 atom stereocenters. The minimum Gasteiger partial charge on any atom is -0.507 e. The zero-order valence-corrected chi connectivity index (χ0v) is 19.8. The first-order chi connectivity index (χ1) is 16.3. The van der Waals surface area contributed by atoms with Gasteiger partial charge in [-0.2, -0.15) is 0 Å². The van der Waals surface area contributed by atoms with Gasteiger partial charge in [-0.3, -0.25) is 14.4 Å². The molecule has 1 fully saturated rings. The van der Waals surface area contributed by atoms with Gasteiger partial charge in [0.05, 0.1) is 18.4 Å². The molecule has 2 aliphatic rings. The van der Waals surface area contributed by atoms with Crippen LogP contribution in [0.2, 0.25) is 0 Å². The molecule has 2 aromatic carbocycles. The number of aliphatic hydroxyl groups excluding tert-OH is 1. The highest BCUT2D eigenvalue weighted by Crippen LogP contribution is 2.53. The maximum Gasteiger partial charge on any atom is 0.296 e. The summed E-state index contributed by atoms with van der Waals surface area (Å²) in [5, 5.41) is 11.5. The number of hydrogen-bond donors (Lipinski definition) is 1. The topological polar surface area (TPSA) is 96.4 Å². The Labute approximate surface area is 198 Å². The van der Waals surface area contributed by atoms with Crippen molar-refractivity contribution in [3.05, 3.63) is 64.7 Å². The monoisotopic (exact) mass is 464 g/mol. The van der Waals surface area contributed by atoms with Gasteiger partial charge < -0.3 is 24.4 Å². The van der Waals surface area contributed by atoms with Crippen molar-refractivity contribution in [1.29, 1.82) is 0 Å². The molecule has 2 amide bonds. The van der Waals surface area contributed by atoms with E-state index in [1.54, 1.807) is 61.6 Å². The van der Waals surface area contributed by atoms with Gasteiger partial charge in [0.25, 0.3) is 17.6 Å². The lowest BCUT2D eigenvalue weighted by molar-refractivity contribution is -0.143. The number of fused-ring (bicyclic) bond motifs is 2. The van der Waals surface area contributed by atoms with Crippen LogP contribution in [-0.4, -0.2) is 61.5 Å². The van der Waals surface area contributed by atoms with Crippen molar-refractivity contribution in [1.82, 2.24) is 4.90 Å². The average molecular weight is 465 g/mol. The fourth-order valence-electron chi connectivity index (χ4n) is 5.02. The number of ketones is 1. The molecule has 1 unspecified atom stereocenters. The lowest BCUT2D eigenvalue weighted by Crippen LogP contribution is -2.52. The first kappa shape index (κ1) is 23.5. The Hall–Kier alpha value is -3.65. The number of aliphatic hydroxyl groups is 1. The van der Waals surface area contributed by atoms with Gasteiger partial charge in [0, 0.05) is 37.9 Å². The van der Waals surface area contributed by atoms with Crippen LogP contribution in [0.15, 0.2) is 48.0 Å². The van der Waals surface area contributed by atoms with Crippen LogP contribution in [0.1, 0.15) is 30.0 Å². The fourth-order valence-corrected chi connectivity index (χ4v) is 5.02. The zero-order chi connectivity index (χ0) is 24.6. The van der Waals surface area contributed by atoms with Crippen LogP contribution >= 0.6 is 0 Å². The molecule has 1 saturated heterocycles. The molecule has 2 heterocycles. The maximum atomic E-state index is 14.0. The number of nitrogens with zero attached hydrogens (tertiary/aromatic N) is 2. The van der Waals surface area contributed by atoms with E-state index in [4.69, 9.17) is 9.47 Å². The molecule has 0 aromatic heterocycles. The second-order valence-electron chi connectivity index (χ2n) is 8.32. The Kier molecular flexibility index (Phi) is 6.18. The highest BCUT2D eigenvalue weighted by atomic mass is 16.5. The third-order valence-electron chi connectivity index (χ3n) is 6.52. The summed E-state index contributed by atoms with van der Waals surface area (Å²) in [4.78, 5) is 43.7. The van der Waals surface area contributed by atoms with Gasteiger partial charge >= 0.3 is 0 Å². The van der Waals surface area contributed by atoms with Crippen molar-refractivity contribution in [2.75, 3.05) is 38.8 Å². The number of amides is 2. The normalized spacial score (nSPS) is 21.0. The van der Waals surface area contributed by atoms with Crippen LogP contribution in [0, 0.1) is 6.92 Å². The smallest absolute Gasteiger partial charge is 0.296 e. The zero-order valence-electron chi connectivity index (χ0n) is 19.8. The van der Waals surface area contributed by atoms with Crippen LogP contribution in [-0.2, 0) is 24.7 Å². The quantitative estimate of drug-likeness (QED) is 0.293. The molecule has 0 bridgehead atoms. The summed E-state index contributed by atoms with van der Waals surface area (Å²) in [5.74, 6) is -1.90. The number of rotatable bonds is 7. The number of Topliss-reactive ketones (excluding diaryl/α,β-unsaturated/α-hetero) is 1. The number of carbonyl (C=O) groups is 3. The van der Waals surface area contributed by atoms with E-state index in [1.807, 2.05) is 13.8 Å². The lowest BCUT2D eigenvalue weighted by Gasteiger charge is -2.34. The minimum atomic E-state index is -1.74. The second-order valence-corrected chi connectivity index (χ2v) is 8.32. The Morgan fingerprint density at radius 1 is 1.09 bits per heavy atom. The molecule has 4 rings (SSSR count). The molecule has 8 nitrogen and oxygen atoms in total. The van der Waals surface area contributed by atoms with Crippen LogP contribution < -0.4 is 9.64 Å². The van der Waals surface area contributed by atoms with E-state index in [-0.39, 0.29) is 17.9 Å². The van der Waals surface area contributed by atoms with Gasteiger partial charge in [0.2, 0.25) is 0 Å². The lowest BCUT2D eigenvalue weighted by atomic mass is 9.81. The summed E-state index contributed by atoms with van der Waals surface area (Å²) >= 11 is 0. The van der Waals surface area contributed by atoms with E-state index < -0.39 is 23.1 Å². The minimum absolute atomic E-state index is 0.120. The SMILES string of the molecule is CCN1C(=O)C2(/C(=C(\O)c3ccc(OC)c(C)c3)C(=O)C(=O)N2CCCOC)c2ccccc21. The average Bonchev–Trinajstić information content (AvgIpc) is 3.22. The summed E-state index contributed by atoms with van der Waals surface area (Å²) in [7, 11) is 3.09. The third kappa shape index (κ3) is 3.20. The number of methoxy groups -OCH3 is 2. The largest absolute Gasteiger partial charge is 0.507 e. The Morgan fingerprint density at radius 3 is 2.47 bits per heavy atom. The number of hydrogen-bond acceptors (Lipinski definition) is 6. The van der Waals surface area contributed by atoms with Crippen LogP contribution in [0.4, 0.5) is 5.69 Å². The van der Waals surface area contributed by atoms with Crippen molar-refractivity contribution < 1.29 is 29.0 Å². The van der Waals surface area contributed by atoms with Gasteiger partial charge in [-0.1, -0.05) is 18.2 Å². The van der Waals surface area contributed by atoms with Crippen molar-refractivity contribution in [3.63, 3.8) is 0 Å². The molecule has 0 radical (unpaired) electrons. The molecule has 178 valence electrons. The van der Waals surface area contributed by atoms with E-state index in [0.717, 1.165) is 5.56 Å². The number of likely N-dealkylation sites (tertiary alicyclic amines) is 1. The molecule has 1 N–H and O–H groups in total. The van der Waals surface area contributed by atoms with Crippen molar-refractivity contribution in [3.8, 4) is 5.75 Å². The first-order valence-electron chi connectivity index (χ1n) is 11.2. The van der Waals surface area contributed by atoms with Gasteiger partial charge in [-0.05, 0) is 50.1 Å². The summed E-state index contributed by atoms with van der Waals surface area (Å²) in [6.45, 7) is 4.46. The number of benzene rings is 2. The van der Waals surface area contributed by atoms with Crippen LogP contribution in [0.3, 0.4) is 0 Å². The van der Waals surface area contributed by atoms with Gasteiger partial charge in [-0.15, -0.1) is 0 Å². The fraction of sp³-hybridized carbons (Fsp3) is 0.346. The highest BCUT2D eigenvalue weighted by molar-refractivity contribution is 6.50. The van der Waals surface area contributed by atoms with Gasteiger partial charge in [-0.25, -0.2) is 0 Å². The molecule has 0 saturated carbocycles. The van der Waals surface area contributed by atoms with Crippen LogP contribution in [0.25, 0.3) is 5.76 Å². The number of likely N-dealkylation sites (N-methyl/N-ethyl adjacent to an activating group) is 1. The maximum absolute atomic E-state index is 14.0. The predicted molar refractivity (Wildman–Crippen MR) is 127 cm³/mol.